The summed E-state index contributed by atoms with van der Waals surface area (Å²) in [5.41, 5.74) is 5.91. The molecule has 2 aliphatic rings. The average molecular weight is 517 g/mol. The van der Waals surface area contributed by atoms with Gasteiger partial charge in [-0.1, -0.05) is 35.9 Å². The SMILES string of the molecule is [C-]#[N+]c1cccc(N2CCN(C(=O)c3cc(CN4CCN(c5ccccc5Cl)CC4)c(C)n3C)CC2)c1. The lowest BCUT2D eigenvalue weighted by molar-refractivity contribution is 0.0737. The molecule has 2 saturated heterocycles. The van der Waals surface area contributed by atoms with Gasteiger partial charge in [0, 0.05) is 77.3 Å². The summed E-state index contributed by atoms with van der Waals surface area (Å²) in [4.78, 5) is 26.0. The van der Waals surface area contributed by atoms with Gasteiger partial charge in [-0.15, -0.1) is 0 Å². The minimum absolute atomic E-state index is 0.0925. The summed E-state index contributed by atoms with van der Waals surface area (Å²) in [5, 5.41) is 0.802. The maximum absolute atomic E-state index is 13.5. The predicted molar refractivity (Wildman–Crippen MR) is 150 cm³/mol. The second-order valence-corrected chi connectivity index (χ2v) is 10.2. The van der Waals surface area contributed by atoms with Crippen LogP contribution in [0.25, 0.3) is 4.85 Å². The van der Waals surface area contributed by atoms with Crippen LogP contribution in [-0.2, 0) is 13.6 Å². The van der Waals surface area contributed by atoms with Crippen molar-refractivity contribution in [2.75, 3.05) is 62.2 Å². The summed E-state index contributed by atoms with van der Waals surface area (Å²) < 4.78 is 2.04. The molecule has 0 unspecified atom stereocenters. The summed E-state index contributed by atoms with van der Waals surface area (Å²) in [6.45, 7) is 16.9. The fourth-order valence-corrected chi connectivity index (χ4v) is 5.57. The van der Waals surface area contributed by atoms with Crippen molar-refractivity contribution in [2.45, 2.75) is 13.5 Å². The van der Waals surface area contributed by atoms with Crippen molar-refractivity contribution in [3.05, 3.63) is 88.0 Å². The molecule has 0 N–H and O–H groups in total. The molecule has 7 nitrogen and oxygen atoms in total. The van der Waals surface area contributed by atoms with Gasteiger partial charge in [-0.05, 0) is 42.8 Å². The number of rotatable bonds is 5. The Balaban J connectivity index is 1.19. The van der Waals surface area contributed by atoms with E-state index in [9.17, 15) is 4.79 Å². The van der Waals surface area contributed by atoms with Crippen LogP contribution in [-0.4, -0.2) is 72.6 Å². The highest BCUT2D eigenvalue weighted by Gasteiger charge is 2.26. The summed E-state index contributed by atoms with van der Waals surface area (Å²) in [7, 11) is 1.99. The first-order valence-corrected chi connectivity index (χ1v) is 13.2. The van der Waals surface area contributed by atoms with Gasteiger partial charge >= 0.3 is 0 Å². The van der Waals surface area contributed by atoms with Crippen molar-refractivity contribution in [1.82, 2.24) is 14.4 Å². The third-order valence-corrected chi connectivity index (χ3v) is 8.03. The Labute approximate surface area is 224 Å². The van der Waals surface area contributed by atoms with Crippen molar-refractivity contribution in [1.29, 1.82) is 0 Å². The van der Waals surface area contributed by atoms with Crippen LogP contribution in [0.3, 0.4) is 0 Å². The molecule has 0 spiro atoms. The van der Waals surface area contributed by atoms with Gasteiger partial charge < -0.3 is 19.3 Å². The number of benzene rings is 2. The Morgan fingerprint density at radius 2 is 1.62 bits per heavy atom. The van der Waals surface area contributed by atoms with Crippen molar-refractivity contribution in [3.8, 4) is 0 Å². The van der Waals surface area contributed by atoms with E-state index in [1.807, 2.05) is 59.0 Å². The first kappa shape index (κ1) is 25.2. The Morgan fingerprint density at radius 3 is 2.32 bits per heavy atom. The maximum Gasteiger partial charge on any atom is 0.270 e. The average Bonchev–Trinajstić information content (AvgIpc) is 3.22. The summed E-state index contributed by atoms with van der Waals surface area (Å²) in [5.74, 6) is 0.0925. The summed E-state index contributed by atoms with van der Waals surface area (Å²) in [6.07, 6.45) is 0. The highest BCUT2D eigenvalue weighted by molar-refractivity contribution is 6.33. The van der Waals surface area contributed by atoms with Gasteiger partial charge in [0.15, 0.2) is 5.69 Å². The smallest absolute Gasteiger partial charge is 0.270 e. The third-order valence-electron chi connectivity index (χ3n) is 7.71. The largest absolute Gasteiger partial charge is 0.369 e. The van der Waals surface area contributed by atoms with Crippen LogP contribution in [0.2, 0.25) is 5.02 Å². The van der Waals surface area contributed by atoms with E-state index in [0.717, 1.165) is 73.6 Å². The van der Waals surface area contributed by atoms with E-state index in [1.54, 1.807) is 0 Å². The standard InChI is InChI=1S/C29H33ClN6O/c1-22-23(21-33-11-13-35(14-12-33)27-10-5-4-9-26(27)30)19-28(32(22)3)29(37)36-17-15-34(16-18-36)25-8-6-7-24(20-25)31-2/h4-10,19-20H,11-18,21H2,1,3H3. The van der Waals surface area contributed by atoms with Gasteiger partial charge in [0.05, 0.1) is 17.3 Å². The van der Waals surface area contributed by atoms with Crippen LogP contribution >= 0.6 is 11.6 Å². The molecule has 2 aromatic carbocycles. The summed E-state index contributed by atoms with van der Waals surface area (Å²) in [6, 6.07) is 17.8. The van der Waals surface area contributed by atoms with E-state index in [2.05, 4.69) is 38.6 Å². The number of carbonyl (C=O) groups is 1. The number of piperazine rings is 2. The Kier molecular flexibility index (Phi) is 7.40. The molecule has 5 rings (SSSR count). The predicted octanol–water partition coefficient (Wildman–Crippen LogP) is 4.82. The Hall–Kier alpha value is -3.47. The number of hydrogen-bond acceptors (Lipinski definition) is 4. The van der Waals surface area contributed by atoms with E-state index in [4.69, 9.17) is 18.2 Å². The molecule has 0 atom stereocenters. The molecule has 1 amide bonds. The molecule has 37 heavy (non-hydrogen) atoms. The zero-order valence-corrected chi connectivity index (χ0v) is 22.3. The minimum atomic E-state index is 0.0925. The molecule has 0 bridgehead atoms. The van der Waals surface area contributed by atoms with Gasteiger partial charge in [-0.2, -0.15) is 0 Å². The zero-order valence-electron chi connectivity index (χ0n) is 21.5. The van der Waals surface area contributed by atoms with E-state index in [1.165, 1.54) is 5.56 Å². The number of carbonyl (C=O) groups excluding carboxylic acids is 1. The maximum atomic E-state index is 13.5. The molecule has 2 aliphatic heterocycles. The monoisotopic (exact) mass is 516 g/mol. The normalized spacial score (nSPS) is 16.6. The van der Waals surface area contributed by atoms with Gasteiger partial charge in [0.2, 0.25) is 0 Å². The van der Waals surface area contributed by atoms with E-state index in [-0.39, 0.29) is 5.91 Å². The number of amides is 1. The number of halogens is 1. The topological polar surface area (TPSA) is 39.3 Å². The van der Waals surface area contributed by atoms with Gasteiger partial charge in [-0.3, -0.25) is 9.69 Å². The number of hydrogen-bond donors (Lipinski definition) is 0. The Morgan fingerprint density at radius 1 is 0.919 bits per heavy atom. The molecular weight excluding hydrogens is 484 g/mol. The molecule has 192 valence electrons. The quantitative estimate of drug-likeness (QED) is 0.456. The van der Waals surface area contributed by atoms with Crippen LogP contribution in [0, 0.1) is 13.5 Å². The van der Waals surface area contributed by atoms with Gasteiger partial charge in [0.25, 0.3) is 5.91 Å². The second-order valence-electron chi connectivity index (χ2n) is 9.82. The molecule has 0 saturated carbocycles. The number of anilines is 2. The fourth-order valence-electron chi connectivity index (χ4n) is 5.31. The van der Waals surface area contributed by atoms with Crippen LogP contribution in [0.4, 0.5) is 17.1 Å². The number of aromatic nitrogens is 1. The molecular formula is C29H33ClN6O. The van der Waals surface area contributed by atoms with Crippen molar-refractivity contribution >= 4 is 34.6 Å². The van der Waals surface area contributed by atoms with Crippen LogP contribution in [0.15, 0.2) is 54.6 Å². The van der Waals surface area contributed by atoms with Crippen molar-refractivity contribution < 1.29 is 4.79 Å². The lowest BCUT2D eigenvalue weighted by atomic mass is 10.2. The fraction of sp³-hybridized carbons (Fsp3) is 0.379. The van der Waals surface area contributed by atoms with E-state index >= 15 is 0 Å². The van der Waals surface area contributed by atoms with Crippen LogP contribution in [0.5, 0.6) is 0 Å². The van der Waals surface area contributed by atoms with E-state index in [0.29, 0.717) is 18.8 Å². The lowest BCUT2D eigenvalue weighted by Gasteiger charge is -2.36. The summed E-state index contributed by atoms with van der Waals surface area (Å²) >= 11 is 6.40. The van der Waals surface area contributed by atoms with E-state index < -0.39 is 0 Å². The van der Waals surface area contributed by atoms with Crippen molar-refractivity contribution in [2.24, 2.45) is 7.05 Å². The van der Waals surface area contributed by atoms with Crippen LogP contribution in [0.1, 0.15) is 21.7 Å². The molecule has 8 heteroatoms. The number of para-hydroxylation sites is 1. The molecule has 2 fully saturated rings. The first-order chi connectivity index (χ1) is 17.9. The molecule has 3 heterocycles. The second kappa shape index (κ2) is 10.9. The van der Waals surface area contributed by atoms with Gasteiger partial charge in [0.1, 0.15) is 5.69 Å². The third kappa shape index (κ3) is 5.31. The molecule has 0 aliphatic carbocycles. The lowest BCUT2D eigenvalue weighted by Crippen LogP contribution is -2.49. The minimum Gasteiger partial charge on any atom is -0.369 e. The highest BCUT2D eigenvalue weighted by atomic mass is 35.5. The highest BCUT2D eigenvalue weighted by Crippen LogP contribution is 2.27. The number of nitrogens with zero attached hydrogens (tertiary/aromatic N) is 6. The molecule has 0 radical (unpaired) electrons. The molecule has 1 aromatic heterocycles. The molecule has 3 aromatic rings. The van der Waals surface area contributed by atoms with Crippen LogP contribution < -0.4 is 9.80 Å². The van der Waals surface area contributed by atoms with Gasteiger partial charge in [-0.25, -0.2) is 4.85 Å². The van der Waals surface area contributed by atoms with Crippen molar-refractivity contribution in [3.63, 3.8) is 0 Å². The Bertz CT molecular complexity index is 1310. The first-order valence-electron chi connectivity index (χ1n) is 12.8. The zero-order chi connectivity index (χ0) is 25.9.